The maximum atomic E-state index is 12.6. The molecule has 1 saturated heterocycles. The van der Waals surface area contributed by atoms with Crippen molar-refractivity contribution in [3.8, 4) is 11.5 Å². The number of carbonyl (C=O) groups excluding carboxylic acids is 1. The standard InChI is InChI=1S/C17H24N2O5S.ClH/c1-12-13(2)19(7-6-18-12)17(20)5-10-25(21,22)14-3-4-15-16(11-14)24-9-8-23-15;/h3-4,11-13,18H,5-10H2,1-2H3;1H. The Morgan fingerprint density at radius 3 is 2.65 bits per heavy atom. The van der Waals surface area contributed by atoms with Crippen molar-refractivity contribution in [1.29, 1.82) is 0 Å². The Kier molecular flexibility index (Phi) is 6.76. The summed E-state index contributed by atoms with van der Waals surface area (Å²) in [6.45, 7) is 6.18. The van der Waals surface area contributed by atoms with E-state index in [1.165, 1.54) is 12.1 Å². The summed E-state index contributed by atoms with van der Waals surface area (Å²) in [6, 6.07) is 4.83. The molecule has 2 heterocycles. The Bertz CT molecular complexity index is 756. The molecule has 1 aromatic carbocycles. The molecule has 0 radical (unpaired) electrons. The molecule has 2 aliphatic heterocycles. The van der Waals surface area contributed by atoms with Crippen molar-refractivity contribution in [2.45, 2.75) is 37.2 Å². The monoisotopic (exact) mass is 404 g/mol. The van der Waals surface area contributed by atoms with Gasteiger partial charge in [-0.3, -0.25) is 4.79 Å². The molecule has 2 unspecified atom stereocenters. The van der Waals surface area contributed by atoms with Gasteiger partial charge in [0.25, 0.3) is 0 Å². The number of piperazine rings is 1. The van der Waals surface area contributed by atoms with Crippen LogP contribution in [0.4, 0.5) is 0 Å². The second kappa shape index (κ2) is 8.45. The SMILES string of the molecule is CC1NCCN(C(=O)CCS(=O)(=O)c2ccc3c(c2)OCCO3)C1C.Cl. The summed E-state index contributed by atoms with van der Waals surface area (Å²) < 4.78 is 36.0. The zero-order chi connectivity index (χ0) is 18.0. The lowest BCUT2D eigenvalue weighted by atomic mass is 10.1. The second-order valence-corrected chi connectivity index (χ2v) is 8.55. The number of rotatable bonds is 4. The Balaban J connectivity index is 0.00000243. The van der Waals surface area contributed by atoms with Crippen LogP contribution in [0, 0.1) is 0 Å². The van der Waals surface area contributed by atoms with Crippen molar-refractivity contribution < 1.29 is 22.7 Å². The molecular formula is C17H25ClN2O5S. The Hall–Kier alpha value is -1.51. The lowest BCUT2D eigenvalue weighted by molar-refractivity contribution is -0.134. The van der Waals surface area contributed by atoms with Crippen LogP contribution in [0.1, 0.15) is 20.3 Å². The van der Waals surface area contributed by atoms with Crippen LogP contribution in [0.5, 0.6) is 11.5 Å². The molecule has 1 amide bonds. The van der Waals surface area contributed by atoms with E-state index in [2.05, 4.69) is 5.32 Å². The molecule has 0 spiro atoms. The highest BCUT2D eigenvalue weighted by molar-refractivity contribution is 7.91. The van der Waals surface area contributed by atoms with Crippen LogP contribution >= 0.6 is 12.4 Å². The third-order valence-electron chi connectivity index (χ3n) is 4.81. The Morgan fingerprint density at radius 1 is 1.23 bits per heavy atom. The van der Waals surface area contributed by atoms with Crippen LogP contribution in [-0.2, 0) is 14.6 Å². The number of hydrogen-bond acceptors (Lipinski definition) is 6. The van der Waals surface area contributed by atoms with Crippen molar-refractivity contribution in [2.24, 2.45) is 0 Å². The minimum Gasteiger partial charge on any atom is -0.486 e. The van der Waals surface area contributed by atoms with Crippen molar-refractivity contribution in [1.82, 2.24) is 10.2 Å². The summed E-state index contributed by atoms with van der Waals surface area (Å²) in [5, 5.41) is 3.31. The minimum atomic E-state index is -3.56. The van der Waals surface area contributed by atoms with Crippen molar-refractivity contribution in [3.05, 3.63) is 18.2 Å². The van der Waals surface area contributed by atoms with E-state index in [-0.39, 0.29) is 47.5 Å². The van der Waals surface area contributed by atoms with E-state index < -0.39 is 9.84 Å². The first-order valence-corrected chi connectivity index (χ1v) is 10.2. The molecular weight excluding hydrogens is 380 g/mol. The van der Waals surface area contributed by atoms with E-state index in [4.69, 9.17) is 9.47 Å². The van der Waals surface area contributed by atoms with Gasteiger partial charge < -0.3 is 19.7 Å². The number of hydrogen-bond donors (Lipinski definition) is 1. The van der Waals surface area contributed by atoms with Gasteiger partial charge in [-0.15, -0.1) is 12.4 Å². The predicted octanol–water partition coefficient (Wildman–Crippen LogP) is 1.25. The normalized spacial score (nSPS) is 22.5. The highest BCUT2D eigenvalue weighted by Crippen LogP contribution is 2.32. The average molecular weight is 405 g/mol. The molecule has 0 bridgehead atoms. The van der Waals surface area contributed by atoms with Gasteiger partial charge in [-0.2, -0.15) is 0 Å². The first-order chi connectivity index (χ1) is 11.9. The number of nitrogens with zero attached hydrogens (tertiary/aromatic N) is 1. The zero-order valence-electron chi connectivity index (χ0n) is 14.9. The van der Waals surface area contributed by atoms with Crippen LogP contribution in [0.2, 0.25) is 0 Å². The summed E-state index contributed by atoms with van der Waals surface area (Å²) >= 11 is 0. The van der Waals surface area contributed by atoms with Gasteiger partial charge in [0.1, 0.15) is 13.2 Å². The molecule has 7 nitrogen and oxygen atoms in total. The Labute approximate surface area is 160 Å². The zero-order valence-corrected chi connectivity index (χ0v) is 16.6. The lowest BCUT2D eigenvalue weighted by Gasteiger charge is -2.38. The quantitative estimate of drug-likeness (QED) is 0.813. The predicted molar refractivity (Wildman–Crippen MR) is 100.0 cm³/mol. The summed E-state index contributed by atoms with van der Waals surface area (Å²) in [6.07, 6.45) is -0.0200. The first-order valence-electron chi connectivity index (χ1n) is 8.54. The van der Waals surface area contributed by atoms with Gasteiger partial charge in [0.15, 0.2) is 21.3 Å². The van der Waals surface area contributed by atoms with Crippen molar-refractivity contribution in [3.63, 3.8) is 0 Å². The van der Waals surface area contributed by atoms with E-state index in [1.807, 2.05) is 13.8 Å². The number of sulfone groups is 1. The van der Waals surface area contributed by atoms with Crippen LogP contribution in [0.3, 0.4) is 0 Å². The van der Waals surface area contributed by atoms with E-state index in [1.54, 1.807) is 11.0 Å². The van der Waals surface area contributed by atoms with Crippen LogP contribution in [-0.4, -0.2) is 63.4 Å². The largest absolute Gasteiger partial charge is 0.486 e. The molecule has 2 atom stereocenters. The molecule has 1 fully saturated rings. The fourth-order valence-corrected chi connectivity index (χ4v) is 4.35. The molecule has 0 saturated carbocycles. The van der Waals surface area contributed by atoms with Gasteiger partial charge in [0.2, 0.25) is 5.91 Å². The smallest absolute Gasteiger partial charge is 0.223 e. The van der Waals surface area contributed by atoms with Gasteiger partial charge in [-0.05, 0) is 26.0 Å². The van der Waals surface area contributed by atoms with Gasteiger partial charge in [0, 0.05) is 37.7 Å². The van der Waals surface area contributed by atoms with Gasteiger partial charge in [-0.25, -0.2) is 8.42 Å². The molecule has 1 aromatic rings. The molecule has 9 heteroatoms. The van der Waals surface area contributed by atoms with E-state index in [0.29, 0.717) is 31.3 Å². The number of halogens is 1. The third-order valence-corrected chi connectivity index (χ3v) is 6.53. The van der Waals surface area contributed by atoms with Crippen molar-refractivity contribution >= 4 is 28.2 Å². The van der Waals surface area contributed by atoms with Crippen LogP contribution in [0.25, 0.3) is 0 Å². The van der Waals surface area contributed by atoms with Crippen molar-refractivity contribution in [2.75, 3.05) is 32.1 Å². The lowest BCUT2D eigenvalue weighted by Crippen LogP contribution is -2.57. The highest BCUT2D eigenvalue weighted by Gasteiger charge is 2.29. The minimum absolute atomic E-state index is 0. The molecule has 2 aliphatic rings. The molecule has 0 aromatic heterocycles. The molecule has 1 N–H and O–H groups in total. The molecule has 26 heavy (non-hydrogen) atoms. The number of benzene rings is 1. The highest BCUT2D eigenvalue weighted by atomic mass is 35.5. The summed E-state index contributed by atoms with van der Waals surface area (Å²) in [4.78, 5) is 14.4. The summed E-state index contributed by atoms with van der Waals surface area (Å²) in [5.74, 6) is 0.645. The average Bonchev–Trinajstić information content (AvgIpc) is 2.61. The van der Waals surface area contributed by atoms with Gasteiger partial charge in [-0.1, -0.05) is 0 Å². The number of ether oxygens (including phenoxy) is 2. The number of fused-ring (bicyclic) bond motifs is 1. The molecule has 146 valence electrons. The molecule has 0 aliphatic carbocycles. The van der Waals surface area contributed by atoms with E-state index in [0.717, 1.165) is 6.54 Å². The number of amides is 1. The fourth-order valence-electron chi connectivity index (χ4n) is 3.11. The Morgan fingerprint density at radius 2 is 1.92 bits per heavy atom. The molecule has 3 rings (SSSR count). The van der Waals surface area contributed by atoms with E-state index in [9.17, 15) is 13.2 Å². The van der Waals surface area contributed by atoms with Crippen LogP contribution in [0.15, 0.2) is 23.1 Å². The second-order valence-electron chi connectivity index (χ2n) is 6.44. The maximum absolute atomic E-state index is 12.6. The van der Waals surface area contributed by atoms with E-state index >= 15 is 0 Å². The topological polar surface area (TPSA) is 84.9 Å². The maximum Gasteiger partial charge on any atom is 0.223 e. The summed E-state index contributed by atoms with van der Waals surface area (Å²) in [5.41, 5.74) is 0. The third kappa shape index (κ3) is 4.42. The fraction of sp³-hybridized carbons (Fsp3) is 0.588. The number of nitrogens with one attached hydrogen (secondary N) is 1. The van der Waals surface area contributed by atoms with Gasteiger partial charge in [0.05, 0.1) is 10.6 Å². The van der Waals surface area contributed by atoms with Crippen LogP contribution < -0.4 is 14.8 Å². The van der Waals surface area contributed by atoms with Gasteiger partial charge >= 0.3 is 0 Å². The first kappa shape index (κ1) is 20.8. The number of carbonyl (C=O) groups is 1. The summed E-state index contributed by atoms with van der Waals surface area (Å²) in [7, 11) is -3.56.